The van der Waals surface area contributed by atoms with Gasteiger partial charge < -0.3 is 13.9 Å². The van der Waals surface area contributed by atoms with Gasteiger partial charge in [0.05, 0.1) is 22.2 Å². The number of para-hydroxylation sites is 1. The average molecular weight is 492 g/mol. The van der Waals surface area contributed by atoms with E-state index in [0.29, 0.717) is 21.9 Å². The Morgan fingerprint density at radius 2 is 1.68 bits per heavy atom. The molecule has 0 fully saturated rings. The molecule has 2 atom stereocenters. The summed E-state index contributed by atoms with van der Waals surface area (Å²) in [6.45, 7) is 0. The fraction of sp³-hybridized carbons (Fsp3) is 0.0769. The van der Waals surface area contributed by atoms with Crippen LogP contribution in [0.15, 0.2) is 98.8 Å². The fourth-order valence-corrected chi connectivity index (χ4v) is 4.92. The third kappa shape index (κ3) is 3.26. The first-order chi connectivity index (χ1) is 16.5. The van der Waals surface area contributed by atoms with Crippen molar-refractivity contribution in [3.63, 3.8) is 0 Å². The number of fused-ring (bicyclic) bond motifs is 6. The van der Waals surface area contributed by atoms with Gasteiger partial charge in [0.1, 0.15) is 17.6 Å². The number of hydrogen-bond acceptors (Lipinski definition) is 5. The SMILES string of the molecule is O=c1oc2c(c(=O)n1-c1ccc(Cl)cc1Cl)C1C=C(Oc3ccccc3)OC1c1ccccc1-2. The van der Waals surface area contributed by atoms with Crippen molar-refractivity contribution in [2.45, 2.75) is 12.0 Å². The Bertz CT molecular complexity index is 1590. The van der Waals surface area contributed by atoms with Crippen LogP contribution < -0.4 is 16.1 Å². The predicted octanol–water partition coefficient (Wildman–Crippen LogP) is 5.85. The molecule has 0 bridgehead atoms. The molecule has 0 saturated carbocycles. The summed E-state index contributed by atoms with van der Waals surface area (Å²) in [4.78, 5) is 26.8. The molecule has 8 heteroatoms. The van der Waals surface area contributed by atoms with Crippen LogP contribution in [0.5, 0.6) is 5.75 Å². The number of aromatic nitrogens is 1. The van der Waals surface area contributed by atoms with E-state index in [2.05, 4.69) is 0 Å². The van der Waals surface area contributed by atoms with Gasteiger partial charge in [-0.15, -0.1) is 0 Å². The van der Waals surface area contributed by atoms with E-state index in [1.54, 1.807) is 18.2 Å². The summed E-state index contributed by atoms with van der Waals surface area (Å²) in [5.74, 6) is -0.284. The smallest absolute Gasteiger partial charge is 0.427 e. The molecule has 0 amide bonds. The summed E-state index contributed by atoms with van der Waals surface area (Å²) in [7, 11) is 0. The third-order valence-electron chi connectivity index (χ3n) is 5.89. The van der Waals surface area contributed by atoms with E-state index in [-0.39, 0.29) is 22.4 Å². The molecule has 4 aromatic rings. The van der Waals surface area contributed by atoms with Crippen molar-refractivity contribution < 1.29 is 13.9 Å². The van der Waals surface area contributed by atoms with Gasteiger partial charge in [-0.3, -0.25) is 4.79 Å². The van der Waals surface area contributed by atoms with Gasteiger partial charge in [0, 0.05) is 22.2 Å². The Morgan fingerprint density at radius 3 is 2.47 bits per heavy atom. The van der Waals surface area contributed by atoms with E-state index < -0.39 is 23.3 Å². The zero-order valence-corrected chi connectivity index (χ0v) is 18.9. The Balaban J connectivity index is 1.56. The maximum Gasteiger partial charge on any atom is 0.427 e. The lowest BCUT2D eigenvalue weighted by Gasteiger charge is -2.28. The number of rotatable bonds is 3. The molecular formula is C26H15Cl2NO5. The molecule has 1 aromatic heterocycles. The van der Waals surface area contributed by atoms with Gasteiger partial charge in [-0.1, -0.05) is 65.7 Å². The first-order valence-corrected chi connectivity index (χ1v) is 11.2. The van der Waals surface area contributed by atoms with E-state index in [1.165, 1.54) is 12.1 Å². The van der Waals surface area contributed by atoms with Crippen LogP contribution in [0.1, 0.15) is 23.1 Å². The van der Waals surface area contributed by atoms with Crippen molar-refractivity contribution in [2.75, 3.05) is 0 Å². The lowest BCUT2D eigenvalue weighted by Crippen LogP contribution is -2.37. The summed E-state index contributed by atoms with van der Waals surface area (Å²) >= 11 is 12.3. The topological polar surface area (TPSA) is 70.7 Å². The standard InChI is InChI=1S/C26H15Cl2NO5/c27-14-10-11-20(19(28)12-14)29-25(30)22-18-13-21(32-15-6-2-1-3-7-15)33-23(18)16-8-4-5-9-17(16)24(22)34-26(29)31/h1-13,18,23H. The molecule has 0 N–H and O–H groups in total. The van der Waals surface area contributed by atoms with Crippen LogP contribution in [0.4, 0.5) is 0 Å². The summed E-state index contributed by atoms with van der Waals surface area (Å²) in [6, 6.07) is 21.1. The highest BCUT2D eigenvalue weighted by molar-refractivity contribution is 6.35. The molecule has 1 aliphatic heterocycles. The van der Waals surface area contributed by atoms with Gasteiger partial charge in [0.25, 0.3) is 11.5 Å². The van der Waals surface area contributed by atoms with Crippen LogP contribution in [0.3, 0.4) is 0 Å². The number of benzene rings is 3. The first-order valence-electron chi connectivity index (χ1n) is 10.5. The van der Waals surface area contributed by atoms with Crippen molar-refractivity contribution in [3.8, 4) is 22.8 Å². The largest absolute Gasteiger partial charge is 0.456 e. The summed E-state index contributed by atoms with van der Waals surface area (Å²) < 4.78 is 18.7. The van der Waals surface area contributed by atoms with Gasteiger partial charge in [-0.25, -0.2) is 9.36 Å². The molecule has 3 aromatic carbocycles. The van der Waals surface area contributed by atoms with Crippen molar-refractivity contribution in [3.05, 3.63) is 127 Å². The molecular weight excluding hydrogens is 477 g/mol. The highest BCUT2D eigenvalue weighted by Gasteiger charge is 2.43. The zero-order valence-electron chi connectivity index (χ0n) is 17.4. The van der Waals surface area contributed by atoms with Crippen molar-refractivity contribution in [1.29, 1.82) is 0 Å². The van der Waals surface area contributed by atoms with Gasteiger partial charge in [0.2, 0.25) is 0 Å². The molecule has 2 heterocycles. The number of halogens is 2. The Hall–Kier alpha value is -3.74. The van der Waals surface area contributed by atoms with Gasteiger partial charge in [-0.05, 0) is 30.3 Å². The minimum absolute atomic E-state index is 0.154. The van der Waals surface area contributed by atoms with E-state index in [9.17, 15) is 9.59 Å². The molecule has 0 spiro atoms. The zero-order chi connectivity index (χ0) is 23.4. The lowest BCUT2D eigenvalue weighted by atomic mass is 9.81. The second-order valence-electron chi connectivity index (χ2n) is 7.90. The molecule has 0 saturated heterocycles. The second-order valence-corrected chi connectivity index (χ2v) is 8.74. The first kappa shape index (κ1) is 20.8. The van der Waals surface area contributed by atoms with E-state index in [0.717, 1.165) is 10.1 Å². The molecule has 6 rings (SSSR count). The molecule has 2 aliphatic rings. The summed E-state index contributed by atoms with van der Waals surface area (Å²) in [5, 5.41) is 0.536. The minimum atomic E-state index is -0.843. The van der Waals surface area contributed by atoms with Crippen LogP contribution in [-0.4, -0.2) is 4.57 Å². The monoisotopic (exact) mass is 491 g/mol. The maximum atomic E-state index is 13.8. The van der Waals surface area contributed by atoms with Crippen LogP contribution >= 0.6 is 23.2 Å². The lowest BCUT2D eigenvalue weighted by molar-refractivity contribution is 0.0599. The average Bonchev–Trinajstić information content (AvgIpc) is 3.24. The van der Waals surface area contributed by atoms with Crippen molar-refractivity contribution in [2.24, 2.45) is 0 Å². The van der Waals surface area contributed by atoms with Crippen LogP contribution in [0.25, 0.3) is 17.0 Å². The van der Waals surface area contributed by atoms with Gasteiger partial charge in [-0.2, -0.15) is 0 Å². The second kappa shape index (κ2) is 7.94. The third-order valence-corrected chi connectivity index (χ3v) is 6.43. The quantitative estimate of drug-likeness (QED) is 0.359. The van der Waals surface area contributed by atoms with Crippen molar-refractivity contribution in [1.82, 2.24) is 4.57 Å². The predicted molar refractivity (Wildman–Crippen MR) is 128 cm³/mol. The number of hydrogen-bond donors (Lipinski definition) is 0. The van der Waals surface area contributed by atoms with Gasteiger partial charge >= 0.3 is 5.76 Å². The highest BCUT2D eigenvalue weighted by Crippen LogP contribution is 2.51. The normalized spacial score (nSPS) is 17.8. The Morgan fingerprint density at radius 1 is 0.912 bits per heavy atom. The Labute approximate surface area is 203 Å². The molecule has 2 unspecified atom stereocenters. The fourth-order valence-electron chi connectivity index (χ4n) is 4.43. The molecule has 6 nitrogen and oxygen atoms in total. The Kier molecular flexibility index (Phi) is 4.86. The molecule has 1 aliphatic carbocycles. The maximum absolute atomic E-state index is 13.8. The molecule has 0 radical (unpaired) electrons. The van der Waals surface area contributed by atoms with E-state index in [1.807, 2.05) is 48.5 Å². The summed E-state index contributed by atoms with van der Waals surface area (Å²) in [6.07, 6.45) is 1.22. The van der Waals surface area contributed by atoms with Crippen LogP contribution in [0.2, 0.25) is 10.0 Å². The summed E-state index contributed by atoms with van der Waals surface area (Å²) in [5.41, 5.74) is 1.36. The van der Waals surface area contributed by atoms with Crippen LogP contribution in [-0.2, 0) is 4.74 Å². The van der Waals surface area contributed by atoms with E-state index in [4.69, 9.17) is 37.1 Å². The molecule has 34 heavy (non-hydrogen) atoms. The number of nitrogens with zero attached hydrogens (tertiary/aromatic N) is 1. The van der Waals surface area contributed by atoms with E-state index >= 15 is 0 Å². The van der Waals surface area contributed by atoms with Crippen molar-refractivity contribution >= 4 is 23.2 Å². The number of ether oxygens (including phenoxy) is 2. The van der Waals surface area contributed by atoms with Crippen LogP contribution in [0, 0.1) is 0 Å². The van der Waals surface area contributed by atoms with Gasteiger partial charge in [0.15, 0.2) is 0 Å². The molecule has 168 valence electrons. The minimum Gasteiger partial charge on any atom is -0.456 e. The highest BCUT2D eigenvalue weighted by atomic mass is 35.5.